The third-order valence-corrected chi connectivity index (χ3v) is 5.10. The number of amides is 1. The first-order valence-electron chi connectivity index (χ1n) is 9.76. The van der Waals surface area contributed by atoms with Crippen molar-refractivity contribution in [1.82, 2.24) is 0 Å². The molecule has 0 aliphatic heterocycles. The lowest BCUT2D eigenvalue weighted by molar-refractivity contribution is 0.0984. The Hall–Kier alpha value is -3.79. The molecular weight excluding hydrogens is 374 g/mol. The summed E-state index contributed by atoms with van der Waals surface area (Å²) in [4.78, 5) is 15.3. The van der Waals surface area contributed by atoms with Crippen LogP contribution in [0.15, 0.2) is 91.0 Å². The number of anilines is 1. The van der Waals surface area contributed by atoms with Crippen LogP contribution in [0.3, 0.4) is 0 Å². The number of carbonyl (C=O) groups excluding carboxylic acids is 1. The van der Waals surface area contributed by atoms with Gasteiger partial charge in [-0.1, -0.05) is 54.6 Å². The second kappa shape index (κ2) is 8.70. The molecule has 4 aromatic rings. The highest BCUT2D eigenvalue weighted by Gasteiger charge is 2.20. The van der Waals surface area contributed by atoms with Crippen LogP contribution in [0.2, 0.25) is 0 Å². The lowest BCUT2D eigenvalue weighted by atomic mass is 10.1. The van der Waals surface area contributed by atoms with E-state index >= 15 is 0 Å². The van der Waals surface area contributed by atoms with Gasteiger partial charge in [0.25, 0.3) is 5.91 Å². The third-order valence-electron chi connectivity index (χ3n) is 5.10. The topological polar surface area (TPSA) is 38.8 Å². The molecule has 0 radical (unpaired) electrons. The molecule has 0 aliphatic carbocycles. The van der Waals surface area contributed by atoms with Crippen LogP contribution < -0.4 is 14.4 Å². The quantitative estimate of drug-likeness (QED) is 0.419. The molecule has 150 valence electrons. The number of carbonyl (C=O) groups is 1. The molecule has 0 atom stereocenters. The molecule has 4 aromatic carbocycles. The molecule has 0 spiro atoms. The molecule has 0 saturated heterocycles. The first-order chi connectivity index (χ1) is 14.7. The summed E-state index contributed by atoms with van der Waals surface area (Å²) in [5.41, 5.74) is 2.44. The zero-order chi connectivity index (χ0) is 20.9. The minimum absolute atomic E-state index is 0.102. The first kappa shape index (κ1) is 19.5. The van der Waals surface area contributed by atoms with Crippen LogP contribution in [0.4, 0.5) is 5.69 Å². The fourth-order valence-corrected chi connectivity index (χ4v) is 3.53. The number of ether oxygens (including phenoxy) is 2. The molecule has 4 rings (SSSR count). The fourth-order valence-electron chi connectivity index (χ4n) is 3.53. The summed E-state index contributed by atoms with van der Waals surface area (Å²) in [6, 6.07) is 29.5. The van der Waals surface area contributed by atoms with Gasteiger partial charge in [-0.05, 0) is 52.7 Å². The number of para-hydroxylation sites is 1. The van der Waals surface area contributed by atoms with Crippen molar-refractivity contribution >= 4 is 22.4 Å². The predicted octanol–water partition coefficient (Wildman–Crippen LogP) is 5.70. The van der Waals surface area contributed by atoms with Crippen molar-refractivity contribution in [3.63, 3.8) is 0 Å². The Labute approximate surface area is 176 Å². The Morgan fingerprint density at radius 3 is 2.17 bits per heavy atom. The highest BCUT2D eigenvalue weighted by molar-refractivity contribution is 6.06. The SMILES string of the molecule is COc1ccc(C(=O)N(Cc2ccc3ccccc3c2)c2ccccc2)cc1OC. The van der Waals surface area contributed by atoms with Crippen LogP contribution in [-0.2, 0) is 6.54 Å². The van der Waals surface area contributed by atoms with Crippen LogP contribution in [0.5, 0.6) is 11.5 Å². The van der Waals surface area contributed by atoms with E-state index in [1.165, 1.54) is 5.39 Å². The zero-order valence-electron chi connectivity index (χ0n) is 17.0. The molecule has 0 unspecified atom stereocenters. The smallest absolute Gasteiger partial charge is 0.258 e. The van der Waals surface area contributed by atoms with E-state index in [0.717, 1.165) is 16.6 Å². The number of hydrogen-bond acceptors (Lipinski definition) is 3. The summed E-state index contributed by atoms with van der Waals surface area (Å²) in [5.74, 6) is 1.02. The summed E-state index contributed by atoms with van der Waals surface area (Å²) in [6.07, 6.45) is 0. The highest BCUT2D eigenvalue weighted by atomic mass is 16.5. The van der Waals surface area contributed by atoms with Gasteiger partial charge in [-0.15, -0.1) is 0 Å². The summed E-state index contributed by atoms with van der Waals surface area (Å²) in [5, 5.41) is 2.33. The van der Waals surface area contributed by atoms with Crippen LogP contribution in [0.1, 0.15) is 15.9 Å². The van der Waals surface area contributed by atoms with Gasteiger partial charge in [0.1, 0.15) is 0 Å². The summed E-state index contributed by atoms with van der Waals surface area (Å²) < 4.78 is 10.7. The minimum Gasteiger partial charge on any atom is -0.493 e. The Balaban J connectivity index is 1.72. The average molecular weight is 397 g/mol. The zero-order valence-corrected chi connectivity index (χ0v) is 17.0. The molecule has 4 heteroatoms. The lowest BCUT2D eigenvalue weighted by Gasteiger charge is -2.24. The summed E-state index contributed by atoms with van der Waals surface area (Å²) >= 11 is 0. The van der Waals surface area contributed by atoms with E-state index in [1.807, 2.05) is 42.5 Å². The van der Waals surface area contributed by atoms with Gasteiger partial charge in [-0.3, -0.25) is 4.79 Å². The number of methoxy groups -OCH3 is 2. The Morgan fingerprint density at radius 2 is 1.43 bits per heavy atom. The van der Waals surface area contributed by atoms with Crippen molar-refractivity contribution in [1.29, 1.82) is 0 Å². The maximum Gasteiger partial charge on any atom is 0.258 e. The van der Waals surface area contributed by atoms with E-state index < -0.39 is 0 Å². The van der Waals surface area contributed by atoms with Gasteiger partial charge in [0, 0.05) is 11.3 Å². The number of nitrogens with zero attached hydrogens (tertiary/aromatic N) is 1. The first-order valence-corrected chi connectivity index (χ1v) is 9.76. The van der Waals surface area contributed by atoms with Crippen LogP contribution in [-0.4, -0.2) is 20.1 Å². The van der Waals surface area contributed by atoms with Gasteiger partial charge < -0.3 is 14.4 Å². The second-order valence-electron chi connectivity index (χ2n) is 6.98. The van der Waals surface area contributed by atoms with Gasteiger partial charge in [0.05, 0.1) is 20.8 Å². The Morgan fingerprint density at radius 1 is 0.733 bits per heavy atom. The summed E-state index contributed by atoms with van der Waals surface area (Å²) in [6.45, 7) is 0.460. The van der Waals surface area contributed by atoms with Gasteiger partial charge in [-0.25, -0.2) is 0 Å². The van der Waals surface area contributed by atoms with Gasteiger partial charge in [0.15, 0.2) is 11.5 Å². The van der Waals surface area contributed by atoms with E-state index in [-0.39, 0.29) is 5.91 Å². The molecule has 0 aliphatic rings. The van der Waals surface area contributed by atoms with Crippen molar-refractivity contribution in [3.05, 3.63) is 102 Å². The molecule has 0 heterocycles. The maximum atomic E-state index is 13.5. The van der Waals surface area contributed by atoms with Crippen molar-refractivity contribution in [2.75, 3.05) is 19.1 Å². The normalized spacial score (nSPS) is 10.6. The van der Waals surface area contributed by atoms with E-state index in [1.54, 1.807) is 37.3 Å². The molecular formula is C26H23NO3. The van der Waals surface area contributed by atoms with E-state index in [0.29, 0.717) is 23.6 Å². The number of fused-ring (bicyclic) bond motifs is 1. The van der Waals surface area contributed by atoms with E-state index in [2.05, 4.69) is 30.3 Å². The van der Waals surface area contributed by atoms with Gasteiger partial charge in [-0.2, -0.15) is 0 Å². The molecule has 4 nitrogen and oxygen atoms in total. The standard InChI is InChI=1S/C26H23NO3/c1-29-24-15-14-22(17-25(24)30-2)26(28)27(23-10-4-3-5-11-23)18-19-12-13-20-8-6-7-9-21(20)16-19/h3-17H,18H2,1-2H3. The average Bonchev–Trinajstić information content (AvgIpc) is 2.82. The second-order valence-corrected chi connectivity index (χ2v) is 6.98. The van der Waals surface area contributed by atoms with Crippen LogP contribution in [0, 0.1) is 0 Å². The number of benzene rings is 4. The van der Waals surface area contributed by atoms with Crippen molar-refractivity contribution in [3.8, 4) is 11.5 Å². The van der Waals surface area contributed by atoms with Crippen molar-refractivity contribution in [2.45, 2.75) is 6.54 Å². The third kappa shape index (κ3) is 3.98. The van der Waals surface area contributed by atoms with Gasteiger partial charge >= 0.3 is 0 Å². The predicted molar refractivity (Wildman–Crippen MR) is 120 cm³/mol. The Bertz CT molecular complexity index is 1170. The largest absolute Gasteiger partial charge is 0.493 e. The van der Waals surface area contributed by atoms with Gasteiger partial charge in [0.2, 0.25) is 0 Å². The minimum atomic E-state index is -0.102. The molecule has 0 bridgehead atoms. The van der Waals surface area contributed by atoms with E-state index in [4.69, 9.17) is 9.47 Å². The highest BCUT2D eigenvalue weighted by Crippen LogP contribution is 2.29. The molecule has 0 aromatic heterocycles. The fraction of sp³-hybridized carbons (Fsp3) is 0.115. The maximum absolute atomic E-state index is 13.5. The lowest BCUT2D eigenvalue weighted by Crippen LogP contribution is -2.30. The number of rotatable bonds is 6. The molecule has 0 N–H and O–H groups in total. The number of hydrogen-bond donors (Lipinski definition) is 0. The van der Waals surface area contributed by atoms with Crippen LogP contribution >= 0.6 is 0 Å². The molecule has 0 fully saturated rings. The summed E-state index contributed by atoms with van der Waals surface area (Å²) in [7, 11) is 3.14. The van der Waals surface area contributed by atoms with Crippen molar-refractivity contribution in [2.24, 2.45) is 0 Å². The molecule has 30 heavy (non-hydrogen) atoms. The monoisotopic (exact) mass is 397 g/mol. The van der Waals surface area contributed by atoms with Crippen molar-refractivity contribution < 1.29 is 14.3 Å². The molecule has 1 amide bonds. The van der Waals surface area contributed by atoms with Crippen LogP contribution in [0.25, 0.3) is 10.8 Å². The van der Waals surface area contributed by atoms with E-state index in [9.17, 15) is 4.79 Å². The Kier molecular flexibility index (Phi) is 5.66. The molecule has 0 saturated carbocycles.